The standard InChI is InChI=1S/C10H12O5/c1-2-14-9(13)6-15-10-7(11)4-3-5-8(10)12/h3-5,11-12H,2,6H2,1H3. The average Bonchev–Trinajstić information content (AvgIpc) is 2.17. The van der Waals surface area contributed by atoms with Crippen molar-refractivity contribution in [1.82, 2.24) is 0 Å². The number of hydrogen-bond donors (Lipinski definition) is 2. The van der Waals surface area contributed by atoms with Crippen LogP contribution in [0.25, 0.3) is 0 Å². The van der Waals surface area contributed by atoms with E-state index < -0.39 is 5.97 Å². The molecule has 0 saturated heterocycles. The maximum Gasteiger partial charge on any atom is 0.344 e. The average molecular weight is 212 g/mol. The summed E-state index contributed by atoms with van der Waals surface area (Å²) >= 11 is 0. The second kappa shape index (κ2) is 5.09. The van der Waals surface area contributed by atoms with Gasteiger partial charge >= 0.3 is 5.97 Å². The molecule has 0 aliphatic heterocycles. The highest BCUT2D eigenvalue weighted by Gasteiger charge is 2.10. The summed E-state index contributed by atoms with van der Waals surface area (Å²) in [5.41, 5.74) is 0. The van der Waals surface area contributed by atoms with Crippen LogP contribution in [0.1, 0.15) is 6.92 Å². The van der Waals surface area contributed by atoms with Gasteiger partial charge in [-0.3, -0.25) is 0 Å². The summed E-state index contributed by atoms with van der Waals surface area (Å²) in [7, 11) is 0. The number of phenols is 2. The first kappa shape index (κ1) is 11.2. The van der Waals surface area contributed by atoms with Gasteiger partial charge in [0.15, 0.2) is 18.1 Å². The van der Waals surface area contributed by atoms with Crippen LogP contribution >= 0.6 is 0 Å². The number of para-hydroxylation sites is 1. The van der Waals surface area contributed by atoms with Crippen molar-refractivity contribution >= 4 is 5.97 Å². The summed E-state index contributed by atoms with van der Waals surface area (Å²) in [5.74, 6) is -1.12. The van der Waals surface area contributed by atoms with Crippen molar-refractivity contribution in [3.05, 3.63) is 18.2 Å². The maximum atomic E-state index is 10.9. The van der Waals surface area contributed by atoms with E-state index in [0.29, 0.717) is 0 Å². The first-order chi connectivity index (χ1) is 7.15. The summed E-state index contributed by atoms with van der Waals surface area (Å²) < 4.78 is 9.52. The number of rotatable bonds is 4. The molecular formula is C10H12O5. The normalized spacial score (nSPS) is 9.67. The molecule has 0 spiro atoms. The van der Waals surface area contributed by atoms with Crippen LogP contribution in [-0.4, -0.2) is 29.4 Å². The lowest BCUT2D eigenvalue weighted by atomic mass is 10.3. The third-order valence-electron chi connectivity index (χ3n) is 1.61. The number of carbonyl (C=O) groups excluding carboxylic acids is 1. The summed E-state index contributed by atoms with van der Waals surface area (Å²) in [4.78, 5) is 10.9. The van der Waals surface area contributed by atoms with Gasteiger partial charge in [0.2, 0.25) is 5.75 Å². The lowest BCUT2D eigenvalue weighted by Crippen LogP contribution is -2.14. The molecule has 1 aromatic carbocycles. The second-order valence-electron chi connectivity index (χ2n) is 2.72. The molecule has 1 aromatic rings. The minimum atomic E-state index is -0.555. The third kappa shape index (κ3) is 3.05. The number of phenolic OH excluding ortho intramolecular Hbond substituents is 2. The maximum absolute atomic E-state index is 10.9. The van der Waals surface area contributed by atoms with Crippen molar-refractivity contribution < 1.29 is 24.5 Å². The molecule has 5 nitrogen and oxygen atoms in total. The van der Waals surface area contributed by atoms with Crippen LogP contribution < -0.4 is 4.74 Å². The van der Waals surface area contributed by atoms with E-state index in [1.165, 1.54) is 18.2 Å². The fraction of sp³-hybridized carbons (Fsp3) is 0.300. The molecule has 0 fully saturated rings. The van der Waals surface area contributed by atoms with Gasteiger partial charge in [0, 0.05) is 0 Å². The number of benzene rings is 1. The van der Waals surface area contributed by atoms with E-state index >= 15 is 0 Å². The highest BCUT2D eigenvalue weighted by molar-refractivity contribution is 5.71. The summed E-state index contributed by atoms with van der Waals surface area (Å²) in [6.45, 7) is 1.59. The molecule has 1 rings (SSSR count). The van der Waals surface area contributed by atoms with Crippen LogP contribution in [-0.2, 0) is 9.53 Å². The zero-order chi connectivity index (χ0) is 11.3. The fourth-order valence-electron chi connectivity index (χ4n) is 0.995. The van der Waals surface area contributed by atoms with E-state index in [9.17, 15) is 15.0 Å². The minimum absolute atomic E-state index is 0.120. The Morgan fingerprint density at radius 2 is 1.93 bits per heavy atom. The van der Waals surface area contributed by atoms with Gasteiger partial charge in [-0.15, -0.1) is 0 Å². The Labute approximate surface area is 86.9 Å². The zero-order valence-electron chi connectivity index (χ0n) is 8.27. The summed E-state index contributed by atoms with van der Waals surface area (Å²) in [6, 6.07) is 4.16. The smallest absolute Gasteiger partial charge is 0.344 e. The van der Waals surface area contributed by atoms with Crippen molar-refractivity contribution in [3.8, 4) is 17.2 Å². The molecule has 5 heteroatoms. The number of hydrogen-bond acceptors (Lipinski definition) is 5. The molecule has 0 radical (unpaired) electrons. The van der Waals surface area contributed by atoms with E-state index in [2.05, 4.69) is 4.74 Å². The van der Waals surface area contributed by atoms with Gasteiger partial charge in [-0.1, -0.05) is 6.07 Å². The Bertz CT molecular complexity index is 327. The van der Waals surface area contributed by atoms with Crippen molar-refractivity contribution in [2.75, 3.05) is 13.2 Å². The van der Waals surface area contributed by atoms with E-state index in [1.807, 2.05) is 0 Å². The molecule has 0 amide bonds. The van der Waals surface area contributed by atoms with Crippen LogP contribution in [0.3, 0.4) is 0 Å². The molecule has 0 atom stereocenters. The predicted octanol–water partition coefficient (Wildman–Crippen LogP) is 1.04. The van der Waals surface area contributed by atoms with Gasteiger partial charge in [-0.2, -0.15) is 0 Å². The molecule has 0 aliphatic carbocycles. The quantitative estimate of drug-likeness (QED) is 0.729. The molecular weight excluding hydrogens is 200 g/mol. The zero-order valence-corrected chi connectivity index (χ0v) is 8.27. The van der Waals surface area contributed by atoms with Gasteiger partial charge in [0.05, 0.1) is 6.61 Å². The molecule has 0 heterocycles. The van der Waals surface area contributed by atoms with Crippen LogP contribution in [0.4, 0.5) is 0 Å². The monoisotopic (exact) mass is 212 g/mol. The molecule has 0 bridgehead atoms. The van der Waals surface area contributed by atoms with Gasteiger partial charge in [0.1, 0.15) is 0 Å². The second-order valence-corrected chi connectivity index (χ2v) is 2.72. The minimum Gasteiger partial charge on any atom is -0.504 e. The van der Waals surface area contributed by atoms with Crippen LogP contribution in [0, 0.1) is 0 Å². The molecule has 0 aliphatic rings. The number of esters is 1. The number of ether oxygens (including phenoxy) is 2. The van der Waals surface area contributed by atoms with Crippen LogP contribution in [0.15, 0.2) is 18.2 Å². The van der Waals surface area contributed by atoms with E-state index in [1.54, 1.807) is 6.92 Å². The Kier molecular flexibility index (Phi) is 3.79. The predicted molar refractivity (Wildman–Crippen MR) is 51.9 cm³/mol. The van der Waals surface area contributed by atoms with Crippen molar-refractivity contribution in [3.63, 3.8) is 0 Å². The van der Waals surface area contributed by atoms with Gasteiger partial charge in [-0.05, 0) is 19.1 Å². The highest BCUT2D eigenvalue weighted by Crippen LogP contribution is 2.34. The van der Waals surface area contributed by atoms with Crippen molar-refractivity contribution in [2.24, 2.45) is 0 Å². The van der Waals surface area contributed by atoms with Gasteiger partial charge < -0.3 is 19.7 Å². The SMILES string of the molecule is CCOC(=O)COc1c(O)cccc1O. The Balaban J connectivity index is 2.61. The fourth-order valence-corrected chi connectivity index (χ4v) is 0.995. The van der Waals surface area contributed by atoms with Crippen molar-refractivity contribution in [1.29, 1.82) is 0 Å². The van der Waals surface area contributed by atoms with E-state index in [0.717, 1.165) is 0 Å². The lowest BCUT2D eigenvalue weighted by molar-refractivity contribution is -0.145. The van der Waals surface area contributed by atoms with Crippen LogP contribution in [0.5, 0.6) is 17.2 Å². The molecule has 0 saturated carbocycles. The first-order valence-corrected chi connectivity index (χ1v) is 4.44. The molecule has 82 valence electrons. The Hall–Kier alpha value is -1.91. The lowest BCUT2D eigenvalue weighted by Gasteiger charge is -2.08. The molecule has 2 N–H and O–H groups in total. The largest absolute Gasteiger partial charge is 0.504 e. The topological polar surface area (TPSA) is 76.0 Å². The molecule has 0 unspecified atom stereocenters. The number of aromatic hydroxyl groups is 2. The molecule has 15 heavy (non-hydrogen) atoms. The molecule has 0 aromatic heterocycles. The Morgan fingerprint density at radius 3 is 2.47 bits per heavy atom. The van der Waals surface area contributed by atoms with E-state index in [4.69, 9.17) is 4.74 Å². The first-order valence-electron chi connectivity index (χ1n) is 4.44. The summed E-state index contributed by atoms with van der Waals surface area (Å²) in [6.07, 6.45) is 0. The van der Waals surface area contributed by atoms with Crippen LogP contribution in [0.2, 0.25) is 0 Å². The highest BCUT2D eigenvalue weighted by atomic mass is 16.6. The van der Waals surface area contributed by atoms with E-state index in [-0.39, 0.29) is 30.5 Å². The van der Waals surface area contributed by atoms with Gasteiger partial charge in [0.25, 0.3) is 0 Å². The van der Waals surface area contributed by atoms with Gasteiger partial charge in [-0.25, -0.2) is 4.79 Å². The number of carbonyl (C=O) groups is 1. The van der Waals surface area contributed by atoms with Crippen molar-refractivity contribution in [2.45, 2.75) is 6.92 Å². The third-order valence-corrected chi connectivity index (χ3v) is 1.61. The summed E-state index contributed by atoms with van der Waals surface area (Å²) in [5, 5.41) is 18.6. The Morgan fingerprint density at radius 1 is 1.33 bits per heavy atom.